The van der Waals surface area contributed by atoms with Crippen molar-refractivity contribution in [2.24, 2.45) is 5.92 Å². The van der Waals surface area contributed by atoms with Crippen molar-refractivity contribution in [3.05, 3.63) is 0 Å². The van der Waals surface area contributed by atoms with E-state index in [0.29, 0.717) is 18.5 Å². The maximum Gasteiger partial charge on any atom is 0.441 e. The summed E-state index contributed by atoms with van der Waals surface area (Å²) in [6, 6.07) is 0.395. The van der Waals surface area contributed by atoms with E-state index in [-0.39, 0.29) is 23.1 Å². The number of piperazine rings is 1. The molecule has 1 atom stereocenters. The molecule has 1 rings (SSSR count). The summed E-state index contributed by atoms with van der Waals surface area (Å²) in [5.74, 6) is 0.726. The Balaban J connectivity index is 2.65. The van der Waals surface area contributed by atoms with Gasteiger partial charge in [-0.25, -0.2) is 0 Å². The lowest BCUT2D eigenvalue weighted by molar-refractivity contribution is -0.0333. The third kappa shape index (κ3) is 5.99. The Morgan fingerprint density at radius 1 is 1.29 bits per heavy atom. The van der Waals surface area contributed by atoms with E-state index >= 15 is 0 Å². The molecule has 1 saturated heterocycles. The van der Waals surface area contributed by atoms with Crippen LogP contribution < -0.4 is 5.32 Å². The molecular weight excluding hydrogens is 297 g/mol. The van der Waals surface area contributed by atoms with Gasteiger partial charge in [-0.2, -0.15) is 13.2 Å². The van der Waals surface area contributed by atoms with Gasteiger partial charge >= 0.3 is 5.51 Å². The van der Waals surface area contributed by atoms with Crippen molar-refractivity contribution in [3.8, 4) is 0 Å². The number of hydrogen-bond donors (Lipinski definition) is 1. The monoisotopic (exact) mass is 326 g/mol. The molecular formula is C15H29F3N2S. The largest absolute Gasteiger partial charge is 0.441 e. The van der Waals surface area contributed by atoms with E-state index < -0.39 is 5.51 Å². The Morgan fingerprint density at radius 3 is 2.38 bits per heavy atom. The van der Waals surface area contributed by atoms with Crippen molar-refractivity contribution in [2.45, 2.75) is 64.0 Å². The summed E-state index contributed by atoms with van der Waals surface area (Å²) in [7, 11) is 0. The molecule has 1 fully saturated rings. The van der Waals surface area contributed by atoms with Crippen LogP contribution in [-0.4, -0.2) is 47.4 Å². The fourth-order valence-corrected chi connectivity index (χ4v) is 3.79. The summed E-state index contributed by atoms with van der Waals surface area (Å²) in [5, 5.41) is 3.61. The van der Waals surface area contributed by atoms with Gasteiger partial charge in [-0.3, -0.25) is 4.90 Å². The van der Waals surface area contributed by atoms with Gasteiger partial charge in [0.25, 0.3) is 0 Å². The summed E-state index contributed by atoms with van der Waals surface area (Å²) in [6.45, 7) is 10.9. The summed E-state index contributed by atoms with van der Waals surface area (Å²) in [5.41, 5.74) is -4.11. The molecule has 1 aliphatic rings. The van der Waals surface area contributed by atoms with Crippen molar-refractivity contribution in [3.63, 3.8) is 0 Å². The fraction of sp³-hybridized carbons (Fsp3) is 1.00. The molecule has 0 aromatic heterocycles. The molecule has 0 amide bonds. The second kappa shape index (κ2) is 8.06. The highest BCUT2D eigenvalue weighted by Gasteiger charge is 2.39. The third-order valence-corrected chi connectivity index (χ3v) is 5.24. The van der Waals surface area contributed by atoms with Crippen LogP contribution in [0.3, 0.4) is 0 Å². The molecule has 0 spiro atoms. The average molecular weight is 326 g/mol. The average Bonchev–Trinajstić information content (AvgIpc) is 2.37. The first-order chi connectivity index (χ1) is 9.72. The highest BCUT2D eigenvalue weighted by Crippen LogP contribution is 2.32. The van der Waals surface area contributed by atoms with Crippen molar-refractivity contribution < 1.29 is 13.2 Å². The van der Waals surface area contributed by atoms with Gasteiger partial charge < -0.3 is 5.32 Å². The van der Waals surface area contributed by atoms with E-state index in [4.69, 9.17) is 0 Å². The predicted octanol–water partition coefficient (Wildman–Crippen LogP) is 4.12. The van der Waals surface area contributed by atoms with E-state index in [1.807, 2.05) is 0 Å². The molecule has 1 N–H and O–H groups in total. The van der Waals surface area contributed by atoms with Crippen molar-refractivity contribution in [1.29, 1.82) is 0 Å². The smallest absolute Gasteiger partial charge is 0.311 e. The Hall–Kier alpha value is 0.0600. The maximum atomic E-state index is 12.3. The second-order valence-corrected chi connectivity index (χ2v) is 7.54. The topological polar surface area (TPSA) is 15.3 Å². The molecule has 0 bridgehead atoms. The first-order valence-electron chi connectivity index (χ1n) is 7.91. The SMILES string of the molecule is CCC1(CC)CNC(CC(C)C)CN1CCSC(F)(F)F. The van der Waals surface area contributed by atoms with Crippen LogP contribution in [0.4, 0.5) is 13.2 Å². The quantitative estimate of drug-likeness (QED) is 0.758. The van der Waals surface area contributed by atoms with Crippen LogP contribution >= 0.6 is 11.8 Å². The predicted molar refractivity (Wildman–Crippen MR) is 84.6 cm³/mol. The van der Waals surface area contributed by atoms with Crippen LogP contribution in [0.5, 0.6) is 0 Å². The van der Waals surface area contributed by atoms with E-state index in [0.717, 1.165) is 32.4 Å². The standard InChI is InChI=1S/C15H29F3N2S/c1-5-14(6-2)11-19-13(9-12(3)4)10-20(14)7-8-21-15(16,17)18/h12-13,19H,5-11H2,1-4H3. The molecule has 0 aliphatic carbocycles. The van der Waals surface area contributed by atoms with Crippen LogP contribution in [0.25, 0.3) is 0 Å². The molecule has 0 saturated carbocycles. The van der Waals surface area contributed by atoms with Crippen molar-refractivity contribution in [1.82, 2.24) is 10.2 Å². The lowest BCUT2D eigenvalue weighted by atomic mass is 9.86. The summed E-state index contributed by atoms with van der Waals surface area (Å²) < 4.78 is 37.0. The molecule has 126 valence electrons. The van der Waals surface area contributed by atoms with Gasteiger partial charge in [0.15, 0.2) is 0 Å². The van der Waals surface area contributed by atoms with Crippen LogP contribution in [0.2, 0.25) is 0 Å². The summed E-state index contributed by atoms with van der Waals surface area (Å²) >= 11 is 0.102. The van der Waals surface area contributed by atoms with E-state index in [2.05, 4.69) is 37.9 Å². The minimum atomic E-state index is -4.12. The summed E-state index contributed by atoms with van der Waals surface area (Å²) in [6.07, 6.45) is 3.02. The molecule has 1 aliphatic heterocycles. The number of alkyl halides is 3. The lowest BCUT2D eigenvalue weighted by Crippen LogP contribution is -2.64. The zero-order chi connectivity index (χ0) is 16.1. The first kappa shape index (κ1) is 19.1. The van der Waals surface area contributed by atoms with Gasteiger partial charge in [-0.15, -0.1) is 0 Å². The lowest BCUT2D eigenvalue weighted by Gasteiger charge is -2.50. The van der Waals surface area contributed by atoms with Gasteiger partial charge in [0.1, 0.15) is 0 Å². The fourth-order valence-electron chi connectivity index (χ4n) is 3.24. The highest BCUT2D eigenvalue weighted by molar-refractivity contribution is 8.00. The molecule has 0 radical (unpaired) electrons. The Morgan fingerprint density at radius 2 is 1.90 bits per heavy atom. The molecule has 0 aromatic carbocycles. The molecule has 1 heterocycles. The normalized spacial score (nSPS) is 23.7. The maximum absolute atomic E-state index is 12.3. The number of nitrogens with one attached hydrogen (secondary N) is 1. The molecule has 21 heavy (non-hydrogen) atoms. The van der Waals surface area contributed by atoms with E-state index in [1.165, 1.54) is 0 Å². The second-order valence-electron chi connectivity index (χ2n) is 6.38. The zero-order valence-electron chi connectivity index (χ0n) is 13.6. The van der Waals surface area contributed by atoms with E-state index in [1.54, 1.807) is 0 Å². The Bertz CT molecular complexity index is 304. The van der Waals surface area contributed by atoms with Gasteiger partial charge in [0.05, 0.1) is 0 Å². The molecule has 2 nitrogen and oxygen atoms in total. The number of nitrogens with zero attached hydrogens (tertiary/aromatic N) is 1. The van der Waals surface area contributed by atoms with Crippen molar-refractivity contribution >= 4 is 11.8 Å². The van der Waals surface area contributed by atoms with Gasteiger partial charge in [0, 0.05) is 37.0 Å². The van der Waals surface area contributed by atoms with Crippen LogP contribution in [0.1, 0.15) is 47.0 Å². The van der Waals surface area contributed by atoms with Gasteiger partial charge in [-0.1, -0.05) is 27.7 Å². The minimum absolute atomic E-state index is 0.0135. The van der Waals surface area contributed by atoms with Crippen LogP contribution in [-0.2, 0) is 0 Å². The highest BCUT2D eigenvalue weighted by atomic mass is 32.2. The Kier molecular flexibility index (Phi) is 7.34. The van der Waals surface area contributed by atoms with Gasteiger partial charge in [0.2, 0.25) is 0 Å². The minimum Gasteiger partial charge on any atom is -0.311 e. The first-order valence-corrected chi connectivity index (χ1v) is 8.90. The van der Waals surface area contributed by atoms with Crippen LogP contribution in [0.15, 0.2) is 0 Å². The number of hydrogen-bond acceptors (Lipinski definition) is 3. The van der Waals surface area contributed by atoms with Crippen molar-refractivity contribution in [2.75, 3.05) is 25.4 Å². The number of thioether (sulfide) groups is 1. The number of halogens is 3. The summed E-state index contributed by atoms with van der Waals surface area (Å²) in [4.78, 5) is 2.30. The van der Waals surface area contributed by atoms with Crippen LogP contribution in [0, 0.1) is 5.92 Å². The van der Waals surface area contributed by atoms with Gasteiger partial charge in [-0.05, 0) is 36.9 Å². The molecule has 6 heteroatoms. The zero-order valence-corrected chi connectivity index (χ0v) is 14.4. The third-order valence-electron chi connectivity index (χ3n) is 4.53. The Labute approximate surface area is 131 Å². The molecule has 1 unspecified atom stereocenters. The molecule has 0 aromatic rings. The van der Waals surface area contributed by atoms with E-state index in [9.17, 15) is 13.2 Å². The number of rotatable bonds is 7.